The van der Waals surface area contributed by atoms with Crippen LogP contribution < -0.4 is 88.1 Å². The normalized spacial score (nSPS) is 10.2. The molecule has 0 aliphatic heterocycles. The summed E-state index contributed by atoms with van der Waals surface area (Å²) in [6.45, 7) is 22.4. The Balaban J connectivity index is 0.000000813. The summed E-state index contributed by atoms with van der Waals surface area (Å²) in [6, 6.07) is 48.5. The number of nitrogens with two attached hydrogens (primary N) is 1. The summed E-state index contributed by atoms with van der Waals surface area (Å²) in [7, 11) is 21.2. The molecule has 49 heteroatoms. The molecule has 0 saturated carbocycles. The number of rotatable bonds is 11. The summed E-state index contributed by atoms with van der Waals surface area (Å²) in [5, 5.41) is 108. The number of aldehydes is 1. The molecule has 0 spiro atoms. The van der Waals surface area contributed by atoms with Gasteiger partial charge >= 0.3 is 86.7 Å². The van der Waals surface area contributed by atoms with Crippen molar-refractivity contribution in [2.45, 2.75) is 101 Å². The number of hydrogen-bond donors (Lipinski definition) is 5. The topological polar surface area (TPSA) is 473 Å². The third-order valence-electron chi connectivity index (χ3n) is 18.6. The van der Waals surface area contributed by atoms with Gasteiger partial charge in [-0.25, -0.2) is 67.7 Å². The van der Waals surface area contributed by atoms with Gasteiger partial charge in [0.1, 0.15) is 58.8 Å². The molecule has 0 amide bonds. The van der Waals surface area contributed by atoms with Crippen molar-refractivity contribution in [1.29, 1.82) is 21.0 Å². The number of pyridine rings is 7. The molecule has 17 aromatic rings. The van der Waals surface area contributed by atoms with Crippen LogP contribution in [0.5, 0.6) is 34.5 Å². The van der Waals surface area contributed by atoms with E-state index in [0.717, 1.165) is 90.9 Å². The van der Waals surface area contributed by atoms with E-state index in [-0.39, 0.29) is 74.0 Å². The second-order valence-electron chi connectivity index (χ2n) is 30.1. The Hall–Kier alpha value is -9.82. The predicted octanol–water partition coefficient (Wildman–Crippen LogP) is 22.0. The fourth-order valence-electron chi connectivity index (χ4n) is 12.3. The molecule has 0 aliphatic rings. The number of esters is 2. The largest absolute Gasteiger partial charge is 1.00 e. The van der Waals surface area contributed by atoms with Gasteiger partial charge in [-0.15, -0.1) is 13.6 Å². The average molecular weight is 2500 g/mol. The van der Waals surface area contributed by atoms with Gasteiger partial charge in [-0.3, -0.25) is 18.9 Å². The number of methoxy groups -OCH3 is 4. The number of aromatic hydroxyl groups is 2. The van der Waals surface area contributed by atoms with E-state index in [1.165, 1.54) is 90.1 Å². The van der Waals surface area contributed by atoms with Crippen molar-refractivity contribution in [3.63, 3.8) is 0 Å². The second kappa shape index (κ2) is 62.9. The molecule has 0 aliphatic carbocycles. The number of oxime groups is 1. The summed E-state index contributed by atoms with van der Waals surface area (Å²) in [6.07, 6.45) is 25.0. The first-order valence-electron chi connectivity index (χ1n) is 41.4. The third-order valence-corrected chi connectivity index (χ3v) is 21.6. The number of nitrogens with zero attached hydrogens (tertiary/aromatic N) is 19. The summed E-state index contributed by atoms with van der Waals surface area (Å²) in [5.74, 6) is 7.10. The molecule has 0 bridgehead atoms. The van der Waals surface area contributed by atoms with Crippen molar-refractivity contribution in [3.05, 3.63) is 292 Å². The Morgan fingerprint density at radius 3 is 1.12 bits per heavy atom. The number of nitriles is 4. The molecule has 748 valence electrons. The van der Waals surface area contributed by atoms with Crippen molar-refractivity contribution in [2.24, 2.45) is 11.1 Å². The van der Waals surface area contributed by atoms with Gasteiger partial charge in [-0.1, -0.05) is 125 Å². The van der Waals surface area contributed by atoms with E-state index in [1.807, 2.05) is 55.7 Å². The van der Waals surface area contributed by atoms with Crippen LogP contribution in [0.25, 0.3) is 60.9 Å². The molecular formula is C94H99AlBBr5Cl6N20O14PRb. The number of aromatic nitrogens is 14. The van der Waals surface area contributed by atoms with E-state index in [4.69, 9.17) is 70.0 Å². The smallest absolute Gasteiger partial charge is 0.880 e. The van der Waals surface area contributed by atoms with E-state index in [9.17, 15) is 44.7 Å². The zero-order valence-electron chi connectivity index (χ0n) is 79.7. The van der Waals surface area contributed by atoms with Crippen LogP contribution >= 0.6 is 149 Å². The van der Waals surface area contributed by atoms with Crippen LogP contribution in [0.15, 0.2) is 236 Å². The fourth-order valence-corrected chi connectivity index (χ4v) is 15.3. The van der Waals surface area contributed by atoms with Gasteiger partial charge in [0.15, 0.2) is 6.29 Å². The van der Waals surface area contributed by atoms with Gasteiger partial charge in [0.25, 0.3) is 0 Å². The van der Waals surface area contributed by atoms with E-state index < -0.39 is 35.4 Å². The first-order valence-corrected chi connectivity index (χ1v) is 55.0. The molecule has 0 fully saturated rings. The molecular weight excluding hydrogens is 2400 g/mol. The number of carbonyl (C=O) groups excluding carboxylic acids is 3. The number of hydrogen-bond acceptors (Lipinski definition) is 27. The number of ether oxygens (including phenoxy) is 5. The molecule has 14 heterocycles. The molecule has 0 unspecified atom stereocenters. The number of aryl methyl sites for hydroxylation is 2. The van der Waals surface area contributed by atoms with Gasteiger partial charge in [0.05, 0.1) is 182 Å². The maximum Gasteiger partial charge on any atom is 1.00 e. The van der Waals surface area contributed by atoms with E-state index >= 15 is 0 Å². The van der Waals surface area contributed by atoms with Crippen molar-refractivity contribution >= 4 is 230 Å². The first kappa shape index (κ1) is 125. The first-order chi connectivity index (χ1) is 67.3. The second-order valence-corrected chi connectivity index (χ2v) is 47.4. The van der Waals surface area contributed by atoms with Crippen LogP contribution in [0.1, 0.15) is 143 Å². The van der Waals surface area contributed by atoms with Crippen molar-refractivity contribution in [1.82, 2.24) is 67.3 Å². The fraction of sp³-hybridized carbons (Fsp3) is 0.202. The number of benzene rings is 3. The summed E-state index contributed by atoms with van der Waals surface area (Å²) in [4.78, 5) is 30.3. The maximum absolute atomic E-state index is 10.7. The van der Waals surface area contributed by atoms with Gasteiger partial charge in [0, 0.05) is 70.3 Å². The van der Waals surface area contributed by atoms with E-state index in [2.05, 4.69) is 298 Å². The Bertz CT molecular complexity index is 7200. The van der Waals surface area contributed by atoms with Crippen molar-refractivity contribution in [2.75, 3.05) is 28.4 Å². The molecule has 14 aromatic heterocycles. The molecule has 0 radical (unpaired) electrons. The zero-order valence-corrected chi connectivity index (χ0v) is 99.2. The minimum absolute atomic E-state index is 0. The van der Waals surface area contributed by atoms with Crippen LogP contribution in [0.2, 0.25) is 13.6 Å². The number of carbonyl (C=O) groups is 3. The van der Waals surface area contributed by atoms with Gasteiger partial charge in [0.2, 0.25) is 0 Å². The van der Waals surface area contributed by atoms with Gasteiger partial charge in [-0.2, -0.15) is 56.7 Å². The minimum Gasteiger partial charge on any atom is -0.880 e. The molecule has 0 atom stereocenters. The summed E-state index contributed by atoms with van der Waals surface area (Å²) < 4.78 is 49.3. The quantitative estimate of drug-likeness (QED) is 0.0117. The molecule has 6 N–H and O–H groups in total. The Morgan fingerprint density at radius 1 is 0.476 bits per heavy atom. The van der Waals surface area contributed by atoms with E-state index in [1.54, 1.807) is 125 Å². The SMILES string of the molecule is CB(C)[O-].CC(=O)OC(C)=O.CC(C)c1ccc(-c2cc(O)cn3ncc(C#N)c23)cc1.COc1cc(Br)c2c(/C=N/O)cnn2c1.COc1cc(Br)c2c(C#N)cnn2c1.COc1cc(Br)c2c(C=O)cnn2c1.COc1cc(Br)c2ccnn2c1.Cc1cc(-c2ccc(C(C)C)cc2)c2c(C#N)cnn2c1.Cc1ccc(C(C)C)cc1.N#Cc1cnn2cc(O)cc(Br)c12.NO.O=P(Cl)(Cl)Cl.[2HH].[2HH].[2HH].[Cl][Al]([Cl])[Cl].[Rb+]. The standard InChI is InChI=1S/C18H17N3.C17H15N3O.C10H14.C9H8BrN3O2.C9H6BrN3O.C9H7BrN2O2.C8H4BrN3O.C8H7BrN2O.C4H6O3.C2H6BO.Al.Cl3OP.3ClH.H3NO.Rb.3H2/c1-12(2)14-4-6-15(7-5-14)17-8-13(3)11-21-18(17)16(9-19)10-20-21;1-11(2)12-3-5-13(6-4-12)16-7-15(21)10-20-17(16)14(8-18)9-19-20;1-8(2)10-6-4-9(3)5-7-10;1-15-7-2-8(10)9-6(4-12-14)3-11-13(9)5-7;1-14-7-2-8(10)9-6(3-11)4-12-13(9)5-7;1-14-7-2-8(10)9-6(5-13)3-11-12(9)4-7;9-7-1-6(13)4-12-8(7)5(2-10)3-11-12;1-12-6-4-7(9)8-2-3-10-11(8)5-6;1-3(5)7-4(2)6;1-3(2)4;;1-5(2,3)4;;;;1-2;;;;/h4-8,10-12H,1-3H3;3-7,9-11,21H,1-2H3;4-8H,1-3H3;2-5,14H,1H3;2,4-5H,1H3;2-5H,1H3;1,3-4,13H;2-5H,1H3;1-2H3;1-2H3;;;3*1H;2H,1H2;;3*1H/q;;;;;;;;;-1;+3;;;;;;+1;;;/p-3/b;;;12-4+;;;;;;;;;;;;;;;;/i;;;;;;;;;;;;;;;;;3*1+1. The minimum atomic E-state index is -3.22. The molecule has 0 saturated heterocycles. The van der Waals surface area contributed by atoms with Crippen LogP contribution in [0.4, 0.5) is 0 Å². The Labute approximate surface area is 951 Å². The van der Waals surface area contributed by atoms with Crippen molar-refractivity contribution in [3.8, 4) is 81.0 Å². The van der Waals surface area contributed by atoms with Crippen LogP contribution in [0.3, 0.4) is 0 Å². The summed E-state index contributed by atoms with van der Waals surface area (Å²) in [5.41, 5.74) is 19.4. The van der Waals surface area contributed by atoms with Crippen LogP contribution in [-0.4, -0.2) is 159 Å². The zero-order chi connectivity index (χ0) is 106. The molecule has 17 rings (SSSR count). The maximum atomic E-state index is 10.7. The summed E-state index contributed by atoms with van der Waals surface area (Å²) >= 11 is 28.9. The molecule has 34 nitrogen and oxygen atoms in total. The van der Waals surface area contributed by atoms with Crippen molar-refractivity contribution < 1.29 is 131 Å². The predicted molar refractivity (Wildman–Crippen MR) is 578 cm³/mol. The number of fused-ring (bicyclic) bond motifs is 7. The van der Waals surface area contributed by atoms with Crippen LogP contribution in [-0.2, 0) is 18.9 Å². The number of halogens is 11. The molecule has 143 heavy (non-hydrogen) atoms. The average Bonchev–Trinajstić information content (AvgIpc) is 1.61. The third kappa shape index (κ3) is 39.8. The Morgan fingerprint density at radius 2 is 0.769 bits per heavy atom. The van der Waals surface area contributed by atoms with E-state index in [0.29, 0.717) is 78.3 Å². The molecule has 3 aromatic carbocycles. The van der Waals surface area contributed by atoms with Gasteiger partial charge in [-0.05, 0) is 227 Å². The van der Waals surface area contributed by atoms with Crippen LogP contribution in [0, 0.1) is 59.2 Å². The Kier molecular flexibility index (Phi) is 55.2. The monoisotopic (exact) mass is 2490 g/mol. The van der Waals surface area contributed by atoms with Gasteiger partial charge < -0.3 is 49.3 Å².